The standard InChI is InChI=1S/C14H21NO3S/c1-9-10(2)19-7-11(9)13(18)15(6-12(16)17)8-14(3,4)5/h7H,6,8H2,1-5H3,(H,16,17). The first-order valence-electron chi connectivity index (χ1n) is 6.17. The maximum absolute atomic E-state index is 12.5. The molecule has 1 amide bonds. The lowest BCUT2D eigenvalue weighted by Gasteiger charge is -2.28. The summed E-state index contributed by atoms with van der Waals surface area (Å²) in [4.78, 5) is 25.9. The van der Waals surface area contributed by atoms with Gasteiger partial charge < -0.3 is 10.0 Å². The van der Waals surface area contributed by atoms with E-state index in [1.165, 1.54) is 16.2 Å². The molecule has 0 unspecified atom stereocenters. The van der Waals surface area contributed by atoms with E-state index in [0.29, 0.717) is 12.1 Å². The summed E-state index contributed by atoms with van der Waals surface area (Å²) in [6, 6.07) is 0. The Morgan fingerprint density at radius 3 is 2.26 bits per heavy atom. The van der Waals surface area contributed by atoms with Gasteiger partial charge in [0.2, 0.25) is 0 Å². The van der Waals surface area contributed by atoms with Crippen LogP contribution >= 0.6 is 11.3 Å². The van der Waals surface area contributed by atoms with E-state index in [1.807, 2.05) is 40.0 Å². The largest absolute Gasteiger partial charge is 0.480 e. The minimum absolute atomic E-state index is 0.135. The van der Waals surface area contributed by atoms with Crippen molar-refractivity contribution in [3.63, 3.8) is 0 Å². The Hall–Kier alpha value is -1.36. The summed E-state index contributed by atoms with van der Waals surface area (Å²) in [5.74, 6) is -1.18. The van der Waals surface area contributed by atoms with Crippen LogP contribution in [0.3, 0.4) is 0 Å². The monoisotopic (exact) mass is 283 g/mol. The number of hydrogen-bond donors (Lipinski definition) is 1. The summed E-state index contributed by atoms with van der Waals surface area (Å²) in [6.45, 7) is 9.98. The summed E-state index contributed by atoms with van der Waals surface area (Å²) < 4.78 is 0. The van der Waals surface area contributed by atoms with Crippen molar-refractivity contribution in [2.75, 3.05) is 13.1 Å². The van der Waals surface area contributed by atoms with Crippen LogP contribution in [0.15, 0.2) is 5.38 Å². The number of nitrogens with zero attached hydrogens (tertiary/aromatic N) is 1. The summed E-state index contributed by atoms with van der Waals surface area (Å²) in [6.07, 6.45) is 0. The molecule has 1 heterocycles. The van der Waals surface area contributed by atoms with E-state index in [0.717, 1.165) is 10.4 Å². The Morgan fingerprint density at radius 1 is 1.32 bits per heavy atom. The van der Waals surface area contributed by atoms with E-state index in [1.54, 1.807) is 0 Å². The molecule has 0 fully saturated rings. The Labute approximate surface area is 118 Å². The van der Waals surface area contributed by atoms with Crippen molar-refractivity contribution in [1.29, 1.82) is 0 Å². The molecular weight excluding hydrogens is 262 g/mol. The molecule has 1 rings (SSSR count). The quantitative estimate of drug-likeness (QED) is 0.924. The summed E-state index contributed by atoms with van der Waals surface area (Å²) in [5, 5.41) is 10.8. The third-order valence-electron chi connectivity index (χ3n) is 2.79. The number of carboxylic acid groups (broad SMARTS) is 1. The van der Waals surface area contributed by atoms with E-state index in [2.05, 4.69) is 0 Å². The van der Waals surface area contributed by atoms with E-state index < -0.39 is 5.97 Å². The molecule has 1 N–H and O–H groups in total. The van der Waals surface area contributed by atoms with Crippen LogP contribution in [0.1, 0.15) is 41.6 Å². The fourth-order valence-corrected chi connectivity index (χ4v) is 2.69. The van der Waals surface area contributed by atoms with Crippen LogP contribution in [-0.2, 0) is 4.79 Å². The number of carboxylic acids is 1. The second-order valence-corrected chi connectivity index (χ2v) is 7.03. The number of hydrogen-bond acceptors (Lipinski definition) is 3. The zero-order chi connectivity index (χ0) is 14.8. The second-order valence-electron chi connectivity index (χ2n) is 5.95. The predicted molar refractivity (Wildman–Crippen MR) is 76.8 cm³/mol. The van der Waals surface area contributed by atoms with Gasteiger partial charge >= 0.3 is 5.97 Å². The molecule has 5 heteroatoms. The Bertz CT molecular complexity index is 485. The molecule has 19 heavy (non-hydrogen) atoms. The maximum Gasteiger partial charge on any atom is 0.323 e. The highest BCUT2D eigenvalue weighted by Gasteiger charge is 2.25. The van der Waals surface area contributed by atoms with Crippen LogP contribution < -0.4 is 0 Å². The van der Waals surface area contributed by atoms with E-state index in [-0.39, 0.29) is 17.9 Å². The lowest BCUT2D eigenvalue weighted by atomic mass is 9.95. The first-order valence-corrected chi connectivity index (χ1v) is 7.05. The fraction of sp³-hybridized carbons (Fsp3) is 0.571. The Balaban J connectivity index is 3.00. The van der Waals surface area contributed by atoms with Gasteiger partial charge in [0.25, 0.3) is 5.91 Å². The van der Waals surface area contributed by atoms with Crippen molar-refractivity contribution in [2.45, 2.75) is 34.6 Å². The van der Waals surface area contributed by atoms with Crippen LogP contribution in [0, 0.1) is 19.3 Å². The smallest absolute Gasteiger partial charge is 0.323 e. The van der Waals surface area contributed by atoms with Crippen LogP contribution in [-0.4, -0.2) is 35.0 Å². The van der Waals surface area contributed by atoms with Crippen molar-refractivity contribution in [1.82, 2.24) is 4.90 Å². The van der Waals surface area contributed by atoms with E-state index >= 15 is 0 Å². The molecule has 0 radical (unpaired) electrons. The molecule has 1 aromatic heterocycles. The predicted octanol–water partition coefficient (Wildman–Crippen LogP) is 2.94. The summed E-state index contributed by atoms with van der Waals surface area (Å²) in [5.41, 5.74) is 1.43. The van der Waals surface area contributed by atoms with E-state index in [4.69, 9.17) is 5.11 Å². The lowest BCUT2D eigenvalue weighted by molar-refractivity contribution is -0.138. The Kier molecular flexibility index (Phi) is 4.74. The van der Waals surface area contributed by atoms with Gasteiger partial charge in [-0.1, -0.05) is 20.8 Å². The molecule has 106 valence electrons. The SMILES string of the molecule is Cc1scc(C(=O)N(CC(=O)O)CC(C)(C)C)c1C. The van der Waals surface area contributed by atoms with Crippen LogP contribution in [0.5, 0.6) is 0 Å². The number of thiophene rings is 1. The molecule has 0 aliphatic rings. The molecule has 0 aliphatic heterocycles. The van der Waals surface area contributed by atoms with Gasteiger partial charge in [0, 0.05) is 16.8 Å². The first-order chi connectivity index (χ1) is 8.61. The number of rotatable bonds is 4. The number of carbonyl (C=O) groups excluding carboxylic acids is 1. The molecule has 0 atom stereocenters. The fourth-order valence-electron chi connectivity index (χ4n) is 1.83. The third-order valence-corrected chi connectivity index (χ3v) is 3.81. The van der Waals surface area contributed by atoms with Gasteiger partial charge in [-0.15, -0.1) is 11.3 Å². The van der Waals surface area contributed by atoms with Crippen molar-refractivity contribution in [3.05, 3.63) is 21.4 Å². The molecule has 0 spiro atoms. The minimum atomic E-state index is -0.984. The number of amides is 1. The van der Waals surface area contributed by atoms with Gasteiger partial charge in [-0.2, -0.15) is 0 Å². The van der Waals surface area contributed by atoms with Gasteiger partial charge in [0.05, 0.1) is 5.56 Å². The summed E-state index contributed by atoms with van der Waals surface area (Å²) in [7, 11) is 0. The van der Waals surface area contributed by atoms with Gasteiger partial charge in [-0.25, -0.2) is 0 Å². The van der Waals surface area contributed by atoms with Crippen molar-refractivity contribution < 1.29 is 14.7 Å². The molecule has 0 bridgehead atoms. The highest BCUT2D eigenvalue weighted by atomic mass is 32.1. The maximum atomic E-state index is 12.5. The normalized spacial score (nSPS) is 11.4. The van der Waals surface area contributed by atoms with Gasteiger partial charge in [0.15, 0.2) is 0 Å². The number of carbonyl (C=O) groups is 2. The van der Waals surface area contributed by atoms with Gasteiger partial charge in [-0.3, -0.25) is 9.59 Å². The minimum Gasteiger partial charge on any atom is -0.480 e. The van der Waals surface area contributed by atoms with Crippen LogP contribution in [0.2, 0.25) is 0 Å². The number of aliphatic carboxylic acids is 1. The zero-order valence-electron chi connectivity index (χ0n) is 12.1. The zero-order valence-corrected chi connectivity index (χ0v) is 12.9. The summed E-state index contributed by atoms with van der Waals surface area (Å²) >= 11 is 1.52. The van der Waals surface area contributed by atoms with Crippen molar-refractivity contribution >= 4 is 23.2 Å². The average Bonchev–Trinajstić information content (AvgIpc) is 2.55. The van der Waals surface area contributed by atoms with Gasteiger partial charge in [0.1, 0.15) is 6.54 Å². The Morgan fingerprint density at radius 2 is 1.89 bits per heavy atom. The molecule has 0 saturated carbocycles. The van der Waals surface area contributed by atoms with Crippen LogP contribution in [0.4, 0.5) is 0 Å². The molecule has 1 aromatic rings. The van der Waals surface area contributed by atoms with Crippen molar-refractivity contribution in [3.8, 4) is 0 Å². The topological polar surface area (TPSA) is 57.6 Å². The number of aryl methyl sites for hydroxylation is 1. The second kappa shape index (κ2) is 5.74. The molecule has 0 saturated heterocycles. The first kappa shape index (κ1) is 15.7. The van der Waals surface area contributed by atoms with Crippen molar-refractivity contribution in [2.24, 2.45) is 5.41 Å². The highest BCUT2D eigenvalue weighted by molar-refractivity contribution is 7.10. The highest BCUT2D eigenvalue weighted by Crippen LogP contribution is 2.24. The lowest BCUT2D eigenvalue weighted by Crippen LogP contribution is -2.41. The van der Waals surface area contributed by atoms with E-state index in [9.17, 15) is 9.59 Å². The van der Waals surface area contributed by atoms with Crippen LogP contribution in [0.25, 0.3) is 0 Å². The van der Waals surface area contributed by atoms with Gasteiger partial charge in [-0.05, 0) is 24.8 Å². The third kappa shape index (κ3) is 4.35. The average molecular weight is 283 g/mol. The molecular formula is C14H21NO3S. The molecule has 0 aliphatic carbocycles. The molecule has 0 aromatic carbocycles. The molecule has 4 nitrogen and oxygen atoms in total.